The molecule has 0 spiro atoms. The minimum Gasteiger partial charge on any atom is -0.493 e. The van der Waals surface area contributed by atoms with E-state index in [4.69, 9.17) is 145 Å². The maximum absolute atomic E-state index is 13.9. The number of nitriles is 1. The van der Waals surface area contributed by atoms with Crippen molar-refractivity contribution < 1.29 is 64.4 Å². The number of aromatic nitrogens is 8. The number of aromatic hydroxyl groups is 1. The minimum absolute atomic E-state index is 0. The zero-order chi connectivity index (χ0) is 75.6. The van der Waals surface area contributed by atoms with E-state index < -0.39 is 64.1 Å². The summed E-state index contributed by atoms with van der Waals surface area (Å²) in [4.78, 5) is 64.5. The van der Waals surface area contributed by atoms with Crippen molar-refractivity contribution in [1.82, 2.24) is 39.9 Å². The monoisotopic (exact) mass is 1630 g/mol. The van der Waals surface area contributed by atoms with Gasteiger partial charge in [0.15, 0.2) is 30.7 Å². The summed E-state index contributed by atoms with van der Waals surface area (Å²) < 4.78 is 112. The van der Waals surface area contributed by atoms with Crippen LogP contribution in [0.3, 0.4) is 0 Å². The van der Waals surface area contributed by atoms with Gasteiger partial charge in [0, 0.05) is 51.6 Å². The van der Waals surface area contributed by atoms with Crippen molar-refractivity contribution in [3.05, 3.63) is 266 Å². The van der Waals surface area contributed by atoms with Crippen LogP contribution in [0, 0.1) is 57.5 Å². The number of nitrogen functional groups attached to an aromatic ring is 1. The maximum atomic E-state index is 13.9. The molecule has 104 heavy (non-hydrogen) atoms. The molecule has 0 atom stereocenters. The molecule has 0 unspecified atom stereocenters. The lowest BCUT2D eigenvalue weighted by molar-refractivity contribution is -0.146. The second-order valence-electron chi connectivity index (χ2n) is 19.5. The number of halogens is 17. The molecule has 540 valence electrons. The van der Waals surface area contributed by atoms with E-state index >= 15 is 0 Å². The summed E-state index contributed by atoms with van der Waals surface area (Å²) in [5, 5.41) is 24.9. The predicted molar refractivity (Wildman–Crippen MR) is 385 cm³/mol. The number of ether oxygens (including phenoxy) is 4. The van der Waals surface area contributed by atoms with Gasteiger partial charge < -0.3 is 34.8 Å². The number of carbonyl (C=O) groups is 2. The molecule has 0 bridgehead atoms. The topological polar surface area (TPSA) is 288 Å². The lowest BCUT2D eigenvalue weighted by atomic mass is 10.1. The van der Waals surface area contributed by atoms with Crippen molar-refractivity contribution in [1.29, 1.82) is 10.7 Å². The minimum atomic E-state index is -0.621. The van der Waals surface area contributed by atoms with Gasteiger partial charge in [-0.3, -0.25) is 10.2 Å². The Morgan fingerprint density at radius 3 is 1.27 bits per heavy atom. The summed E-state index contributed by atoms with van der Waals surface area (Å²) >= 11 is 50.5. The van der Waals surface area contributed by atoms with Crippen LogP contribution in [0.5, 0.6) is 17.6 Å². The van der Waals surface area contributed by atoms with Crippen LogP contribution in [-0.4, -0.2) is 89.2 Å². The molecule has 7 aromatic carbocycles. The molecule has 0 saturated heterocycles. The number of carbonyl (C=O) groups excluding carboxylic acids is 2. The highest BCUT2D eigenvalue weighted by atomic mass is 35.5. The van der Waals surface area contributed by atoms with Gasteiger partial charge >= 0.3 is 11.9 Å². The fraction of sp³-hybridized carbons (Fsp3) is 0.0882. The molecule has 4 heterocycles. The number of hydrogen-bond donors (Lipinski definition) is 4. The largest absolute Gasteiger partial charge is 0.493 e. The van der Waals surface area contributed by atoms with E-state index in [-0.39, 0.29) is 131 Å². The van der Waals surface area contributed by atoms with E-state index in [9.17, 15) is 45.1 Å². The molecule has 0 aliphatic heterocycles. The van der Waals surface area contributed by atoms with Crippen molar-refractivity contribution in [2.24, 2.45) is 5.73 Å². The molecule has 0 aliphatic rings. The highest BCUT2D eigenvalue weighted by Crippen LogP contribution is 2.31. The third-order valence-corrected chi connectivity index (χ3v) is 14.6. The third kappa shape index (κ3) is 27.2. The Morgan fingerprint density at radius 2 is 0.856 bits per heavy atom. The van der Waals surface area contributed by atoms with Crippen molar-refractivity contribution in [2.75, 3.05) is 26.4 Å². The summed E-state index contributed by atoms with van der Waals surface area (Å²) in [5.41, 5.74) is 7.76. The highest BCUT2D eigenvalue weighted by Gasteiger charge is 2.16. The molecule has 0 saturated carbocycles. The molecular weight excluding hydrogens is 1590 g/mol. The number of rotatable bonds is 14. The second kappa shape index (κ2) is 41.6. The zero-order valence-corrected chi connectivity index (χ0v) is 60.4. The van der Waals surface area contributed by atoms with E-state index in [1.807, 2.05) is 0 Å². The van der Waals surface area contributed by atoms with Gasteiger partial charge in [0.2, 0.25) is 17.6 Å². The number of amidine groups is 1. The summed E-state index contributed by atoms with van der Waals surface area (Å²) in [7, 11) is 0. The van der Waals surface area contributed by atoms with Gasteiger partial charge in [-0.2, -0.15) is 20.2 Å². The lowest BCUT2D eigenvalue weighted by Gasteiger charge is -2.10. The van der Waals surface area contributed by atoms with Gasteiger partial charge in [-0.1, -0.05) is 104 Å². The van der Waals surface area contributed by atoms with Gasteiger partial charge in [0.1, 0.15) is 67.8 Å². The molecule has 36 heteroatoms. The van der Waals surface area contributed by atoms with E-state index in [1.54, 1.807) is 50.2 Å². The Hall–Kier alpha value is -9.63. The van der Waals surface area contributed by atoms with Crippen LogP contribution < -0.4 is 20.8 Å². The quantitative estimate of drug-likeness (QED) is 0.0259. The molecule has 0 fully saturated rings. The van der Waals surface area contributed by atoms with Crippen LogP contribution in [0.25, 0.3) is 56.8 Å². The van der Waals surface area contributed by atoms with Gasteiger partial charge in [-0.05, 0) is 147 Å². The number of nitrogens with one attached hydrogen (secondary N) is 2. The van der Waals surface area contributed by atoms with Crippen molar-refractivity contribution in [2.45, 2.75) is 13.8 Å². The Kier molecular flexibility index (Phi) is 34.0. The number of aromatic amines is 1. The SMILES string of the molecule is CCOC(=O)COc1cc(-c2ccc(F)cc2)nc(-c2ccc(Cl)c(F)c2)n1.CCOC(=O)COc1cc(Cl)nc(-c2ccc(Cl)c(F)c2)n1.Cl.Fc1cc(-c2nc(Cl)cc(Cl)n2)ccc1Cl.N#Cc1ccc(Cl)c(F)c1.N=C(N)c1ccc(Cl)c(F)c1.O=c1cc(O)nc(-c2ccc(Cl)c(F)c2)[nH]1. The number of hydrogen-bond acceptors (Lipinski definition) is 17. The van der Waals surface area contributed by atoms with Gasteiger partial charge in [0.05, 0.1) is 66.7 Å². The van der Waals surface area contributed by atoms with Crippen molar-refractivity contribution in [3.8, 4) is 80.5 Å². The molecule has 5 N–H and O–H groups in total. The maximum Gasteiger partial charge on any atom is 0.344 e. The number of nitrogens with zero attached hydrogens (tertiary/aromatic N) is 8. The van der Waals surface area contributed by atoms with Crippen LogP contribution in [0.1, 0.15) is 25.0 Å². The van der Waals surface area contributed by atoms with Gasteiger partial charge in [0.25, 0.3) is 5.56 Å². The normalized spacial score (nSPS) is 10.1. The lowest BCUT2D eigenvalue weighted by Crippen LogP contribution is -2.15. The summed E-state index contributed by atoms with van der Waals surface area (Å²) in [6.07, 6.45) is 0. The van der Waals surface area contributed by atoms with Gasteiger partial charge in [-0.15, -0.1) is 12.4 Å². The molecular formula is C68H46Cl10F7N11O8. The van der Waals surface area contributed by atoms with Crippen LogP contribution in [0.2, 0.25) is 45.6 Å². The standard InChI is InChI=1S/C20H15ClF2N2O3.C14H11Cl2FN2O3.C10H4Cl3FN2.C10H6ClFN2O2.C7H6ClFN2.C7H3ClFN.ClH/c1-2-27-19(26)11-28-18-10-17(12-3-6-14(22)7-4-12)24-20(25-18)13-5-8-15(21)16(23)9-13;1-2-21-13(20)7-22-12-6-11(16)18-14(19-12)8-3-4-9(15)10(17)5-8;11-6-2-1-5(3-7(6)14)10-15-8(12)4-9(13)16-10;11-6-2-1-5(3-7(6)12)10-13-8(15)4-9(16)14-10;8-5-2-1-4(7(10)11)3-6(5)9;8-6-2-1-5(4-10)3-7(6)9;/h3-10H,2,11H2,1H3;3-6H,2,7H2,1H3;1-4H;1-4H,(H2,13,14,15,16);1-3H,(H3,10,11);1-3H;1H. The first-order valence-corrected chi connectivity index (χ1v) is 32.1. The number of benzene rings is 7. The molecule has 11 rings (SSSR count). The van der Waals surface area contributed by atoms with Crippen LogP contribution in [0.4, 0.5) is 30.7 Å². The van der Waals surface area contributed by atoms with E-state index in [0.29, 0.717) is 39.1 Å². The third-order valence-electron chi connectivity index (χ3n) is 12.2. The molecule has 0 amide bonds. The van der Waals surface area contributed by atoms with Crippen LogP contribution in [0.15, 0.2) is 163 Å². The van der Waals surface area contributed by atoms with Gasteiger partial charge in [-0.25, -0.2) is 60.3 Å². The first kappa shape index (κ1) is 85.0. The van der Waals surface area contributed by atoms with Crippen molar-refractivity contribution >= 4 is 135 Å². The van der Waals surface area contributed by atoms with Crippen LogP contribution in [-0.2, 0) is 19.1 Å². The zero-order valence-electron chi connectivity index (χ0n) is 52.8. The Morgan fingerprint density at radius 1 is 0.481 bits per heavy atom. The highest BCUT2D eigenvalue weighted by molar-refractivity contribution is 6.34. The average Bonchev–Trinajstić information content (AvgIpc) is 0.820. The number of H-pyrrole nitrogens is 1. The molecule has 0 aliphatic carbocycles. The Bertz CT molecular complexity index is 4950. The fourth-order valence-corrected chi connectivity index (χ4v) is 8.85. The number of esters is 2. The van der Waals surface area contributed by atoms with Crippen molar-refractivity contribution in [3.63, 3.8) is 0 Å². The fourth-order valence-electron chi connectivity index (χ4n) is 7.55. The molecule has 4 aromatic heterocycles. The first-order valence-electron chi connectivity index (χ1n) is 28.7. The summed E-state index contributed by atoms with van der Waals surface area (Å²) in [6.45, 7) is 3.19. The second-order valence-corrected chi connectivity index (χ2v) is 23.2. The summed E-state index contributed by atoms with van der Waals surface area (Å²) in [5.74, 6) is -4.73. The predicted octanol–water partition coefficient (Wildman–Crippen LogP) is 18.9. The smallest absolute Gasteiger partial charge is 0.344 e. The molecule has 19 nitrogen and oxygen atoms in total. The van der Waals surface area contributed by atoms with E-state index in [2.05, 4.69) is 39.9 Å². The number of nitrogens with two attached hydrogens (primary N) is 1. The molecule has 11 aromatic rings. The average molecular weight is 1630 g/mol. The molecule has 0 radical (unpaired) electrons. The first-order chi connectivity index (χ1) is 48.9. The summed E-state index contributed by atoms with van der Waals surface area (Å²) in [6, 6.07) is 37.0. The Balaban J connectivity index is 0.000000232. The van der Waals surface area contributed by atoms with Crippen LogP contribution >= 0.6 is 117 Å². The van der Waals surface area contributed by atoms with E-state index in [0.717, 1.165) is 24.3 Å². The van der Waals surface area contributed by atoms with E-state index in [1.165, 1.54) is 103 Å². The Labute approximate surface area is 637 Å².